The van der Waals surface area contributed by atoms with Gasteiger partial charge in [0.2, 0.25) is 5.91 Å². The number of carbonyl (C=O) groups is 2. The van der Waals surface area contributed by atoms with E-state index in [1.807, 2.05) is 74.1 Å². The van der Waals surface area contributed by atoms with Crippen LogP contribution < -0.4 is 10.1 Å². The smallest absolute Gasteiger partial charge is 0.329 e. The number of nitrogens with one attached hydrogen (secondary N) is 1. The molecule has 0 aliphatic rings. The summed E-state index contributed by atoms with van der Waals surface area (Å²) in [4.78, 5) is 25.9. The zero-order valence-electron chi connectivity index (χ0n) is 28.6. The summed E-state index contributed by atoms with van der Waals surface area (Å²) >= 11 is 1.89. The molecule has 4 aromatic rings. The van der Waals surface area contributed by atoms with Gasteiger partial charge in [0.05, 0.1) is 31.0 Å². The van der Waals surface area contributed by atoms with Gasteiger partial charge in [-0.2, -0.15) is 0 Å². The van der Waals surface area contributed by atoms with Crippen LogP contribution in [-0.4, -0.2) is 43.5 Å². The van der Waals surface area contributed by atoms with E-state index in [1.165, 1.54) is 22.8 Å². The Balaban J connectivity index is 1.51. The zero-order valence-corrected chi connectivity index (χ0v) is 29.4. The van der Waals surface area contributed by atoms with Crippen molar-refractivity contribution >= 4 is 23.6 Å². The monoisotopic (exact) mass is 677 g/mol. The molecule has 4 aromatic carbocycles. The van der Waals surface area contributed by atoms with Gasteiger partial charge in [-0.25, -0.2) is 4.79 Å². The van der Waals surface area contributed by atoms with Crippen LogP contribution in [0.25, 0.3) is 0 Å². The lowest BCUT2D eigenvalue weighted by Gasteiger charge is -2.35. The third-order valence-corrected chi connectivity index (χ3v) is 9.66. The van der Waals surface area contributed by atoms with Crippen molar-refractivity contribution < 1.29 is 23.8 Å². The molecule has 256 valence electrons. The number of benzene rings is 4. The van der Waals surface area contributed by atoms with E-state index in [2.05, 4.69) is 90.8 Å². The molecule has 4 rings (SSSR count). The van der Waals surface area contributed by atoms with Gasteiger partial charge in [0.15, 0.2) is 0 Å². The summed E-state index contributed by atoms with van der Waals surface area (Å²) in [6.45, 7) is 7.74. The molecule has 2 atom stereocenters. The maximum Gasteiger partial charge on any atom is 0.329 e. The zero-order chi connectivity index (χ0) is 34.9. The number of allylic oxidation sites excluding steroid dienone is 1. The van der Waals surface area contributed by atoms with Crippen LogP contribution in [0.3, 0.4) is 0 Å². The van der Waals surface area contributed by atoms with Crippen LogP contribution in [0.1, 0.15) is 48.9 Å². The SMILES string of the molecule is C=CCOC(=O)[C@H](NC(=O)C[C@@H](/C=C/CCSC(c1ccccc1)(c1ccccc1)c1ccccc1)OCc1ccc(OC)cc1)C(C)C. The minimum atomic E-state index is -0.767. The lowest BCUT2D eigenvalue weighted by Crippen LogP contribution is -2.46. The van der Waals surface area contributed by atoms with Gasteiger partial charge >= 0.3 is 5.97 Å². The first-order valence-corrected chi connectivity index (χ1v) is 17.6. The molecule has 0 bridgehead atoms. The fourth-order valence-electron chi connectivity index (χ4n) is 5.55. The minimum absolute atomic E-state index is 0.0553. The number of hydrogen-bond donors (Lipinski definition) is 1. The summed E-state index contributed by atoms with van der Waals surface area (Å²) in [5.41, 5.74) is 4.60. The summed E-state index contributed by atoms with van der Waals surface area (Å²) in [5.74, 6) is 0.663. The van der Waals surface area contributed by atoms with E-state index in [4.69, 9.17) is 14.2 Å². The first-order valence-electron chi connectivity index (χ1n) is 16.7. The van der Waals surface area contributed by atoms with Gasteiger partial charge in [0, 0.05) is 0 Å². The molecule has 0 aromatic heterocycles. The highest BCUT2D eigenvalue weighted by molar-refractivity contribution is 8.00. The van der Waals surface area contributed by atoms with Crippen molar-refractivity contribution in [2.24, 2.45) is 5.92 Å². The van der Waals surface area contributed by atoms with Gasteiger partial charge in [-0.15, -0.1) is 11.8 Å². The van der Waals surface area contributed by atoms with Gasteiger partial charge in [-0.3, -0.25) is 4.79 Å². The number of esters is 1. The second-order valence-electron chi connectivity index (χ2n) is 12.0. The van der Waals surface area contributed by atoms with E-state index in [9.17, 15) is 9.59 Å². The van der Waals surface area contributed by atoms with Crippen LogP contribution in [0, 0.1) is 5.92 Å². The predicted octanol–water partition coefficient (Wildman–Crippen LogP) is 8.51. The van der Waals surface area contributed by atoms with Crippen LogP contribution in [0.15, 0.2) is 140 Å². The van der Waals surface area contributed by atoms with Crippen LogP contribution in [0.2, 0.25) is 0 Å². The van der Waals surface area contributed by atoms with E-state index in [0.29, 0.717) is 6.61 Å². The van der Waals surface area contributed by atoms with Crippen molar-refractivity contribution in [3.63, 3.8) is 0 Å². The second-order valence-corrected chi connectivity index (χ2v) is 13.3. The van der Waals surface area contributed by atoms with Crippen molar-refractivity contribution in [1.29, 1.82) is 0 Å². The Hall–Kier alpha value is -4.59. The lowest BCUT2D eigenvalue weighted by atomic mass is 9.84. The van der Waals surface area contributed by atoms with E-state index < -0.39 is 22.9 Å². The standard InChI is InChI=1S/C42H47NO5S/c1-5-28-47-41(45)40(32(2)3)43-39(44)30-38(48-31-33-24-26-37(46-4)27-25-33)23-15-16-29-49-42(34-17-9-6-10-18-34,35-19-11-7-12-20-35)36-21-13-8-14-22-36/h5-15,17-27,32,38,40H,1,16,28-31H2,2-4H3,(H,43,44)/b23-15+/t38-,40-/m1/s1. The number of ether oxygens (including phenoxy) is 3. The number of methoxy groups -OCH3 is 1. The summed E-state index contributed by atoms with van der Waals surface area (Å²) in [6, 6.07) is 38.8. The van der Waals surface area contributed by atoms with Gasteiger partial charge in [-0.1, -0.05) is 142 Å². The van der Waals surface area contributed by atoms with Crippen molar-refractivity contribution in [2.75, 3.05) is 19.5 Å². The lowest BCUT2D eigenvalue weighted by molar-refractivity contribution is -0.148. The van der Waals surface area contributed by atoms with E-state index in [-0.39, 0.29) is 24.9 Å². The number of amides is 1. The topological polar surface area (TPSA) is 73.9 Å². The largest absolute Gasteiger partial charge is 0.497 e. The quantitative estimate of drug-likeness (QED) is 0.0464. The average molecular weight is 678 g/mol. The van der Waals surface area contributed by atoms with Crippen molar-refractivity contribution in [3.05, 3.63) is 162 Å². The Morgan fingerprint density at radius 2 is 1.39 bits per heavy atom. The number of carbonyl (C=O) groups excluding carboxylic acids is 2. The normalized spacial score (nSPS) is 12.7. The van der Waals surface area contributed by atoms with Crippen molar-refractivity contribution in [1.82, 2.24) is 5.32 Å². The predicted molar refractivity (Wildman–Crippen MR) is 200 cm³/mol. The molecule has 7 heteroatoms. The van der Waals surface area contributed by atoms with E-state index in [0.717, 1.165) is 23.5 Å². The molecule has 0 spiro atoms. The molecule has 0 heterocycles. The Labute approximate surface area is 295 Å². The Morgan fingerprint density at radius 1 is 0.837 bits per heavy atom. The van der Waals surface area contributed by atoms with Gasteiger partial charge < -0.3 is 19.5 Å². The highest BCUT2D eigenvalue weighted by atomic mass is 32.2. The van der Waals surface area contributed by atoms with Crippen LogP contribution in [0.5, 0.6) is 5.75 Å². The second kappa shape index (κ2) is 19.4. The number of thioether (sulfide) groups is 1. The molecule has 0 aliphatic heterocycles. The Bertz CT molecular complexity index is 1510. The van der Waals surface area contributed by atoms with Crippen LogP contribution >= 0.6 is 11.8 Å². The van der Waals surface area contributed by atoms with Gasteiger partial charge in [0.1, 0.15) is 18.4 Å². The highest BCUT2D eigenvalue weighted by Gasteiger charge is 2.36. The summed E-state index contributed by atoms with van der Waals surface area (Å²) in [5, 5.41) is 2.86. The van der Waals surface area contributed by atoms with E-state index >= 15 is 0 Å². The molecule has 0 fully saturated rings. The van der Waals surface area contributed by atoms with Gasteiger partial charge in [-0.05, 0) is 52.5 Å². The molecule has 6 nitrogen and oxygen atoms in total. The molecule has 0 unspecified atom stereocenters. The number of hydrogen-bond acceptors (Lipinski definition) is 6. The van der Waals surface area contributed by atoms with Crippen LogP contribution in [0.4, 0.5) is 0 Å². The average Bonchev–Trinajstić information content (AvgIpc) is 3.14. The maximum absolute atomic E-state index is 13.3. The molecule has 1 N–H and O–H groups in total. The molecule has 0 radical (unpaired) electrons. The first kappa shape index (κ1) is 37.2. The first-order chi connectivity index (χ1) is 23.9. The Morgan fingerprint density at radius 3 is 1.88 bits per heavy atom. The molecule has 0 aliphatic carbocycles. The van der Waals surface area contributed by atoms with Gasteiger partial charge in [0.25, 0.3) is 0 Å². The summed E-state index contributed by atoms with van der Waals surface area (Å²) in [7, 11) is 1.63. The van der Waals surface area contributed by atoms with Crippen LogP contribution in [-0.2, 0) is 30.4 Å². The third-order valence-electron chi connectivity index (χ3n) is 8.09. The Kier molecular flexibility index (Phi) is 14.8. The summed E-state index contributed by atoms with van der Waals surface area (Å²) < 4.78 is 16.4. The third kappa shape index (κ3) is 10.7. The molecular weight excluding hydrogens is 631 g/mol. The molecule has 1 amide bonds. The highest BCUT2D eigenvalue weighted by Crippen LogP contribution is 2.48. The molecular formula is C42H47NO5S. The maximum atomic E-state index is 13.3. The number of rotatable bonds is 19. The fraction of sp³-hybridized carbons (Fsp3) is 0.286. The molecule has 0 saturated heterocycles. The van der Waals surface area contributed by atoms with Crippen molar-refractivity contribution in [2.45, 2.75) is 50.2 Å². The molecule has 49 heavy (non-hydrogen) atoms. The summed E-state index contributed by atoms with van der Waals surface area (Å²) in [6.07, 6.45) is 5.85. The van der Waals surface area contributed by atoms with E-state index in [1.54, 1.807) is 7.11 Å². The fourth-order valence-corrected chi connectivity index (χ4v) is 7.02. The minimum Gasteiger partial charge on any atom is -0.497 e. The van der Waals surface area contributed by atoms with Crippen molar-refractivity contribution in [3.8, 4) is 5.75 Å². The molecule has 0 saturated carbocycles.